The standard InChI is InChI=1S/C30H30O6/c1-17-6-8-20(9-7-17)16-36-25-11-10-21(14-24(25)31)27-26(34-4)15-23(30(35-5)29(27)33)22-12-18(2)28(32)19(3)13-22/h6-15,31-33H,16H2,1-5H3. The monoisotopic (exact) mass is 486 g/mol. The quantitative estimate of drug-likeness (QED) is 0.271. The molecular formula is C30H30O6. The number of methoxy groups -OCH3 is 2. The minimum Gasteiger partial charge on any atom is -0.507 e. The molecule has 0 bridgehead atoms. The van der Waals surface area contributed by atoms with Crippen LogP contribution in [0.3, 0.4) is 0 Å². The van der Waals surface area contributed by atoms with Crippen molar-refractivity contribution >= 4 is 0 Å². The number of hydrogen-bond acceptors (Lipinski definition) is 6. The molecule has 6 nitrogen and oxygen atoms in total. The molecule has 0 aliphatic heterocycles. The number of benzene rings is 4. The highest BCUT2D eigenvalue weighted by Gasteiger charge is 2.23. The van der Waals surface area contributed by atoms with Gasteiger partial charge in [-0.1, -0.05) is 35.9 Å². The Morgan fingerprint density at radius 1 is 0.667 bits per heavy atom. The maximum atomic E-state index is 11.3. The Morgan fingerprint density at radius 3 is 1.92 bits per heavy atom. The van der Waals surface area contributed by atoms with Gasteiger partial charge < -0.3 is 29.5 Å². The first kappa shape index (κ1) is 24.8. The predicted molar refractivity (Wildman–Crippen MR) is 140 cm³/mol. The number of aryl methyl sites for hydroxylation is 3. The molecule has 4 aromatic carbocycles. The molecule has 3 N–H and O–H groups in total. The zero-order chi connectivity index (χ0) is 26.0. The number of rotatable bonds is 7. The van der Waals surface area contributed by atoms with Gasteiger partial charge in [-0.3, -0.25) is 0 Å². The molecule has 0 heterocycles. The number of hydrogen-bond donors (Lipinski definition) is 3. The lowest BCUT2D eigenvalue weighted by Gasteiger charge is -2.19. The van der Waals surface area contributed by atoms with Gasteiger partial charge in [0.15, 0.2) is 23.0 Å². The SMILES string of the molecule is COc1cc(-c2cc(C)c(O)c(C)c2)c(OC)c(O)c1-c1ccc(OCc2ccc(C)cc2)c(O)c1. The second-order valence-corrected chi connectivity index (χ2v) is 8.80. The highest BCUT2D eigenvalue weighted by atomic mass is 16.5. The van der Waals surface area contributed by atoms with Crippen molar-refractivity contribution in [1.29, 1.82) is 0 Å². The molecule has 0 atom stereocenters. The summed E-state index contributed by atoms with van der Waals surface area (Å²) in [6.45, 7) is 5.97. The van der Waals surface area contributed by atoms with Crippen molar-refractivity contribution in [2.24, 2.45) is 0 Å². The van der Waals surface area contributed by atoms with Crippen LogP contribution in [0.4, 0.5) is 0 Å². The summed E-state index contributed by atoms with van der Waals surface area (Å²) in [6, 6.07) is 18.3. The lowest BCUT2D eigenvalue weighted by atomic mass is 9.94. The lowest BCUT2D eigenvalue weighted by molar-refractivity contribution is 0.289. The van der Waals surface area contributed by atoms with E-state index in [1.54, 1.807) is 18.2 Å². The summed E-state index contributed by atoms with van der Waals surface area (Å²) in [5.41, 5.74) is 5.87. The molecule has 0 fully saturated rings. The summed E-state index contributed by atoms with van der Waals surface area (Å²) in [5.74, 6) is 1.04. The Bertz CT molecular complexity index is 1380. The largest absolute Gasteiger partial charge is 0.507 e. The summed E-state index contributed by atoms with van der Waals surface area (Å²) in [4.78, 5) is 0. The van der Waals surface area contributed by atoms with Crippen LogP contribution >= 0.6 is 0 Å². The van der Waals surface area contributed by atoms with Gasteiger partial charge in [0.1, 0.15) is 18.1 Å². The smallest absolute Gasteiger partial charge is 0.170 e. The molecule has 36 heavy (non-hydrogen) atoms. The minimum atomic E-state index is -0.122. The molecule has 4 rings (SSSR count). The van der Waals surface area contributed by atoms with E-state index in [4.69, 9.17) is 14.2 Å². The van der Waals surface area contributed by atoms with E-state index in [0.29, 0.717) is 45.9 Å². The number of phenolic OH excluding ortho intramolecular Hbond substituents is 3. The third kappa shape index (κ3) is 4.75. The maximum Gasteiger partial charge on any atom is 0.170 e. The fourth-order valence-corrected chi connectivity index (χ4v) is 4.24. The third-order valence-corrected chi connectivity index (χ3v) is 6.21. The Morgan fingerprint density at radius 2 is 1.33 bits per heavy atom. The molecule has 0 unspecified atom stereocenters. The topological polar surface area (TPSA) is 88.4 Å². The summed E-state index contributed by atoms with van der Waals surface area (Å²) in [5, 5.41) is 32.1. The van der Waals surface area contributed by atoms with Crippen molar-refractivity contribution in [2.75, 3.05) is 14.2 Å². The molecule has 0 radical (unpaired) electrons. The Kier molecular flexibility index (Phi) is 6.97. The molecular weight excluding hydrogens is 456 g/mol. The van der Waals surface area contributed by atoms with Crippen molar-refractivity contribution in [2.45, 2.75) is 27.4 Å². The van der Waals surface area contributed by atoms with Crippen LogP contribution in [0.15, 0.2) is 60.7 Å². The van der Waals surface area contributed by atoms with Crippen LogP contribution in [0.5, 0.6) is 34.5 Å². The highest BCUT2D eigenvalue weighted by Crippen LogP contribution is 2.50. The van der Waals surface area contributed by atoms with Gasteiger partial charge in [-0.2, -0.15) is 0 Å². The molecule has 4 aromatic rings. The third-order valence-electron chi connectivity index (χ3n) is 6.21. The minimum absolute atomic E-state index is 0.0612. The van der Waals surface area contributed by atoms with Gasteiger partial charge in [0.2, 0.25) is 0 Å². The van der Waals surface area contributed by atoms with Gasteiger partial charge >= 0.3 is 0 Å². The van der Waals surface area contributed by atoms with Crippen molar-refractivity contribution in [3.05, 3.63) is 82.9 Å². The van der Waals surface area contributed by atoms with Gasteiger partial charge in [0.25, 0.3) is 0 Å². The first-order chi connectivity index (χ1) is 17.2. The van der Waals surface area contributed by atoms with Crippen LogP contribution in [-0.2, 0) is 6.61 Å². The van der Waals surface area contributed by atoms with Gasteiger partial charge in [-0.25, -0.2) is 0 Å². The van der Waals surface area contributed by atoms with E-state index in [0.717, 1.165) is 16.7 Å². The zero-order valence-corrected chi connectivity index (χ0v) is 21.0. The van der Waals surface area contributed by atoms with Crippen LogP contribution in [-0.4, -0.2) is 29.5 Å². The summed E-state index contributed by atoms with van der Waals surface area (Å²) in [7, 11) is 3.00. The van der Waals surface area contributed by atoms with Crippen LogP contribution in [0, 0.1) is 20.8 Å². The summed E-state index contributed by atoms with van der Waals surface area (Å²) < 4.78 is 17.0. The van der Waals surface area contributed by atoms with E-state index in [2.05, 4.69) is 0 Å². The van der Waals surface area contributed by atoms with E-state index in [9.17, 15) is 15.3 Å². The molecule has 0 amide bonds. The van der Waals surface area contributed by atoms with Gasteiger partial charge in [-0.05, 0) is 78.9 Å². The van der Waals surface area contributed by atoms with Gasteiger partial charge in [0, 0.05) is 5.56 Å². The van der Waals surface area contributed by atoms with E-state index >= 15 is 0 Å². The molecule has 0 spiro atoms. The number of phenols is 3. The van der Waals surface area contributed by atoms with Crippen LogP contribution in [0.1, 0.15) is 22.3 Å². The van der Waals surface area contributed by atoms with Crippen molar-refractivity contribution < 1.29 is 29.5 Å². The van der Waals surface area contributed by atoms with Crippen molar-refractivity contribution in [1.82, 2.24) is 0 Å². The van der Waals surface area contributed by atoms with E-state index in [-0.39, 0.29) is 23.0 Å². The molecule has 0 saturated heterocycles. The zero-order valence-electron chi connectivity index (χ0n) is 21.0. The second kappa shape index (κ2) is 10.1. The molecule has 0 aliphatic rings. The Balaban J connectivity index is 1.73. The maximum absolute atomic E-state index is 11.3. The fourth-order valence-electron chi connectivity index (χ4n) is 4.24. The number of aromatic hydroxyl groups is 3. The number of ether oxygens (including phenoxy) is 3. The second-order valence-electron chi connectivity index (χ2n) is 8.80. The molecule has 0 aliphatic carbocycles. The van der Waals surface area contributed by atoms with E-state index in [1.165, 1.54) is 20.3 Å². The average molecular weight is 487 g/mol. The van der Waals surface area contributed by atoms with Crippen molar-refractivity contribution in [3.63, 3.8) is 0 Å². The summed E-state index contributed by atoms with van der Waals surface area (Å²) >= 11 is 0. The average Bonchev–Trinajstić information content (AvgIpc) is 2.86. The fraction of sp³-hybridized carbons (Fsp3) is 0.200. The first-order valence-corrected chi connectivity index (χ1v) is 11.5. The van der Waals surface area contributed by atoms with E-state index in [1.807, 2.05) is 57.2 Å². The highest BCUT2D eigenvalue weighted by molar-refractivity contribution is 5.88. The lowest BCUT2D eigenvalue weighted by Crippen LogP contribution is -1.97. The van der Waals surface area contributed by atoms with Gasteiger partial charge in [-0.15, -0.1) is 0 Å². The first-order valence-electron chi connectivity index (χ1n) is 11.5. The predicted octanol–water partition coefficient (Wildman–Crippen LogP) is 6.66. The molecule has 0 saturated carbocycles. The summed E-state index contributed by atoms with van der Waals surface area (Å²) in [6.07, 6.45) is 0. The molecule has 6 heteroatoms. The van der Waals surface area contributed by atoms with Gasteiger partial charge in [0.05, 0.1) is 19.8 Å². The van der Waals surface area contributed by atoms with Crippen LogP contribution in [0.25, 0.3) is 22.3 Å². The van der Waals surface area contributed by atoms with Crippen LogP contribution < -0.4 is 14.2 Å². The molecule has 186 valence electrons. The normalized spacial score (nSPS) is 10.8. The van der Waals surface area contributed by atoms with Crippen molar-refractivity contribution in [3.8, 4) is 56.8 Å². The molecule has 0 aromatic heterocycles. The van der Waals surface area contributed by atoms with E-state index < -0.39 is 0 Å². The Hall–Kier alpha value is -4.32. The Labute approximate surface area is 211 Å². The van der Waals surface area contributed by atoms with Crippen LogP contribution in [0.2, 0.25) is 0 Å².